The van der Waals surface area contributed by atoms with Crippen molar-refractivity contribution in [1.82, 2.24) is 4.98 Å². The van der Waals surface area contributed by atoms with Gasteiger partial charge in [-0.25, -0.2) is 19.6 Å². The Morgan fingerprint density at radius 3 is 2.55 bits per heavy atom. The van der Waals surface area contributed by atoms with E-state index in [1.807, 2.05) is 11.5 Å². The zero-order valence-electron chi connectivity index (χ0n) is 9.92. The third kappa shape index (κ3) is 2.77. The molecule has 0 fully saturated rings. The van der Waals surface area contributed by atoms with Crippen LogP contribution in [0.2, 0.25) is 5.02 Å². The second kappa shape index (κ2) is 5.69. The van der Waals surface area contributed by atoms with Gasteiger partial charge in [-0.2, -0.15) is 5.26 Å². The lowest BCUT2D eigenvalue weighted by Gasteiger charge is -2.10. The van der Waals surface area contributed by atoms with Crippen molar-refractivity contribution in [1.29, 1.82) is 5.26 Å². The van der Waals surface area contributed by atoms with E-state index in [0.717, 1.165) is 0 Å². The Hall–Kier alpha value is -2.43. The van der Waals surface area contributed by atoms with Crippen molar-refractivity contribution in [3.05, 3.63) is 46.5 Å². The van der Waals surface area contributed by atoms with Crippen LogP contribution in [-0.2, 0) is 0 Å². The Bertz CT molecular complexity index is 699. The number of anilines is 3. The van der Waals surface area contributed by atoms with Crippen LogP contribution in [0, 0.1) is 23.0 Å². The van der Waals surface area contributed by atoms with E-state index in [2.05, 4.69) is 10.3 Å². The van der Waals surface area contributed by atoms with Gasteiger partial charge in [0, 0.05) is 11.1 Å². The lowest BCUT2D eigenvalue weighted by atomic mass is 10.2. The fourth-order valence-corrected chi connectivity index (χ4v) is 1.67. The third-order valence-electron chi connectivity index (χ3n) is 2.42. The first-order valence-electron chi connectivity index (χ1n) is 5.34. The zero-order valence-corrected chi connectivity index (χ0v) is 10.7. The molecule has 1 aromatic heterocycles. The molecule has 0 bridgehead atoms. The summed E-state index contributed by atoms with van der Waals surface area (Å²) < 4.78 is 26.9. The van der Waals surface area contributed by atoms with Gasteiger partial charge in [0.15, 0.2) is 23.3 Å². The number of hydrogen-bond acceptors (Lipinski definition) is 5. The maximum absolute atomic E-state index is 13.6. The van der Waals surface area contributed by atoms with Crippen LogP contribution in [0.3, 0.4) is 0 Å². The molecule has 0 aliphatic rings. The molecule has 8 heteroatoms. The number of rotatable bonds is 3. The fourth-order valence-electron chi connectivity index (χ4n) is 1.50. The lowest BCUT2D eigenvalue weighted by molar-refractivity contribution is 0.579. The van der Waals surface area contributed by atoms with Gasteiger partial charge in [-0.3, -0.25) is 0 Å². The molecule has 0 spiro atoms. The van der Waals surface area contributed by atoms with Crippen molar-refractivity contribution in [3.63, 3.8) is 0 Å². The van der Waals surface area contributed by atoms with E-state index in [4.69, 9.17) is 22.7 Å². The molecule has 1 aromatic carbocycles. The normalized spacial score (nSPS) is 9.95. The van der Waals surface area contributed by atoms with Gasteiger partial charge < -0.3 is 10.7 Å². The minimum Gasteiger partial charge on any atom is -0.337 e. The van der Waals surface area contributed by atoms with Crippen molar-refractivity contribution in [3.8, 4) is 6.07 Å². The fraction of sp³-hybridized carbons (Fsp3) is 0. The Balaban J connectivity index is 2.45. The van der Waals surface area contributed by atoms with Crippen molar-refractivity contribution in [2.45, 2.75) is 0 Å². The minimum absolute atomic E-state index is 0.238. The average molecular weight is 296 g/mol. The first-order chi connectivity index (χ1) is 9.55. The number of nitrogens with zero attached hydrogens (tertiary/aromatic N) is 2. The van der Waals surface area contributed by atoms with Gasteiger partial charge in [-0.15, -0.1) is 0 Å². The molecular formula is C12H8ClF2N5. The third-order valence-corrected chi connectivity index (χ3v) is 2.66. The summed E-state index contributed by atoms with van der Waals surface area (Å²) in [5.41, 5.74) is 2.49. The van der Waals surface area contributed by atoms with E-state index < -0.39 is 11.6 Å². The number of hydrogen-bond donors (Lipinski definition) is 3. The molecule has 0 aliphatic heterocycles. The molecule has 0 radical (unpaired) electrons. The Kier molecular flexibility index (Phi) is 3.98. The highest BCUT2D eigenvalue weighted by molar-refractivity contribution is 6.30. The second-order valence-corrected chi connectivity index (χ2v) is 4.16. The van der Waals surface area contributed by atoms with E-state index in [0.29, 0.717) is 11.1 Å². The molecule has 0 aliphatic carbocycles. The zero-order chi connectivity index (χ0) is 14.7. The van der Waals surface area contributed by atoms with Crippen LogP contribution >= 0.6 is 11.6 Å². The van der Waals surface area contributed by atoms with Crippen molar-refractivity contribution in [2.24, 2.45) is 5.84 Å². The van der Waals surface area contributed by atoms with Crippen molar-refractivity contribution in [2.75, 3.05) is 10.7 Å². The van der Waals surface area contributed by atoms with Crippen LogP contribution in [0.25, 0.3) is 0 Å². The van der Waals surface area contributed by atoms with Crippen LogP contribution in [0.4, 0.5) is 26.1 Å². The van der Waals surface area contributed by atoms with Crippen LogP contribution in [0.15, 0.2) is 24.3 Å². The van der Waals surface area contributed by atoms with Gasteiger partial charge in [-0.1, -0.05) is 11.6 Å². The molecule has 5 nitrogen and oxygen atoms in total. The Labute approximate surface area is 118 Å². The summed E-state index contributed by atoms with van der Waals surface area (Å²) in [4.78, 5) is 3.64. The highest BCUT2D eigenvalue weighted by Crippen LogP contribution is 2.26. The molecule has 20 heavy (non-hydrogen) atoms. The highest BCUT2D eigenvalue weighted by Gasteiger charge is 2.13. The maximum atomic E-state index is 13.6. The number of aromatic nitrogens is 1. The molecule has 1 heterocycles. The van der Waals surface area contributed by atoms with Gasteiger partial charge >= 0.3 is 0 Å². The Morgan fingerprint density at radius 1 is 1.20 bits per heavy atom. The molecule has 0 amide bonds. The Morgan fingerprint density at radius 2 is 1.90 bits per heavy atom. The van der Waals surface area contributed by atoms with Gasteiger partial charge in [0.25, 0.3) is 0 Å². The molecule has 0 unspecified atom stereocenters. The highest BCUT2D eigenvalue weighted by atomic mass is 35.5. The summed E-state index contributed by atoms with van der Waals surface area (Å²) in [6, 6.07) is 6.96. The first kappa shape index (κ1) is 14.0. The number of nitrogens with one attached hydrogen (secondary N) is 2. The molecule has 0 saturated heterocycles. The standard InChI is InChI=1S/C12H8ClF2N5/c13-7-2-1-6(5-16)10(3-7)18-11-8(14)4-9(15)12(19-11)20-17/h1-4H,17H2,(H2,18,19,20). The number of benzene rings is 1. The van der Waals surface area contributed by atoms with E-state index in [-0.39, 0.29) is 22.9 Å². The number of nitriles is 1. The summed E-state index contributed by atoms with van der Waals surface area (Å²) in [5.74, 6) is 2.61. The van der Waals surface area contributed by atoms with Gasteiger partial charge in [0.2, 0.25) is 0 Å². The first-order valence-corrected chi connectivity index (χ1v) is 5.72. The van der Waals surface area contributed by atoms with Crippen LogP contribution in [0.5, 0.6) is 0 Å². The van der Waals surface area contributed by atoms with Crippen LogP contribution in [0.1, 0.15) is 5.56 Å². The van der Waals surface area contributed by atoms with E-state index in [1.165, 1.54) is 18.2 Å². The summed E-state index contributed by atoms with van der Waals surface area (Å²) >= 11 is 5.81. The number of pyridine rings is 1. The summed E-state index contributed by atoms with van der Waals surface area (Å²) in [6.45, 7) is 0. The van der Waals surface area contributed by atoms with Crippen molar-refractivity contribution >= 4 is 28.9 Å². The van der Waals surface area contributed by atoms with E-state index >= 15 is 0 Å². The number of halogens is 3. The molecule has 0 atom stereocenters. The van der Waals surface area contributed by atoms with Crippen LogP contribution < -0.4 is 16.6 Å². The SMILES string of the molecule is N#Cc1ccc(Cl)cc1Nc1nc(NN)c(F)cc1F. The maximum Gasteiger partial charge on any atom is 0.178 e. The number of nitrogens with two attached hydrogens (primary N) is 1. The van der Waals surface area contributed by atoms with Gasteiger partial charge in [0.05, 0.1) is 11.3 Å². The van der Waals surface area contributed by atoms with E-state index in [9.17, 15) is 8.78 Å². The van der Waals surface area contributed by atoms with Gasteiger partial charge in [0.1, 0.15) is 6.07 Å². The lowest BCUT2D eigenvalue weighted by Crippen LogP contribution is -2.12. The summed E-state index contributed by atoms with van der Waals surface area (Å²) in [5, 5.41) is 11.9. The topological polar surface area (TPSA) is 86.8 Å². The number of hydrazine groups is 1. The average Bonchev–Trinajstić information content (AvgIpc) is 2.42. The smallest absolute Gasteiger partial charge is 0.178 e. The second-order valence-electron chi connectivity index (χ2n) is 3.72. The minimum atomic E-state index is -0.929. The quantitative estimate of drug-likeness (QED) is 0.598. The molecule has 4 N–H and O–H groups in total. The molecule has 102 valence electrons. The summed E-state index contributed by atoms with van der Waals surface area (Å²) in [7, 11) is 0. The monoisotopic (exact) mass is 295 g/mol. The largest absolute Gasteiger partial charge is 0.337 e. The molecular weight excluding hydrogens is 288 g/mol. The molecule has 2 rings (SSSR count). The predicted molar refractivity (Wildman–Crippen MR) is 71.4 cm³/mol. The number of nitrogen functional groups attached to an aromatic ring is 1. The molecule has 0 saturated carbocycles. The van der Waals surface area contributed by atoms with E-state index in [1.54, 1.807) is 0 Å². The van der Waals surface area contributed by atoms with Gasteiger partial charge in [-0.05, 0) is 18.2 Å². The molecule has 2 aromatic rings. The predicted octanol–water partition coefficient (Wildman–Crippen LogP) is 2.91. The summed E-state index contributed by atoms with van der Waals surface area (Å²) in [6.07, 6.45) is 0. The van der Waals surface area contributed by atoms with Crippen LogP contribution in [-0.4, -0.2) is 4.98 Å². The van der Waals surface area contributed by atoms with Crippen molar-refractivity contribution < 1.29 is 8.78 Å².